The second kappa shape index (κ2) is 4.94. The van der Waals surface area contributed by atoms with Gasteiger partial charge in [-0.25, -0.2) is 13.1 Å². The van der Waals surface area contributed by atoms with Gasteiger partial charge in [0.2, 0.25) is 15.9 Å². The summed E-state index contributed by atoms with van der Waals surface area (Å²) in [4.78, 5) is 13.3. The van der Waals surface area contributed by atoms with E-state index in [9.17, 15) is 13.2 Å². The van der Waals surface area contributed by atoms with Crippen LogP contribution in [-0.4, -0.2) is 39.4 Å². The van der Waals surface area contributed by atoms with Crippen LogP contribution in [0.15, 0.2) is 29.2 Å². The van der Waals surface area contributed by atoms with Crippen molar-refractivity contribution in [3.05, 3.63) is 29.8 Å². The Kier molecular flexibility index (Phi) is 3.64. The number of rotatable bonds is 4. The number of nitrogens with one attached hydrogen (secondary N) is 1. The standard InChI is InChI=1S/C13H18N2O3S/c1-9(16)15(3)13-8-12(13)10-4-6-11(7-5-10)19(17,18)14-2/h4-7,12-14H,8H2,1-3H3. The van der Waals surface area contributed by atoms with Gasteiger partial charge in [-0.05, 0) is 31.2 Å². The van der Waals surface area contributed by atoms with Crippen molar-refractivity contribution in [3.63, 3.8) is 0 Å². The molecule has 1 saturated carbocycles. The Labute approximate surface area is 113 Å². The number of carbonyl (C=O) groups is 1. The largest absolute Gasteiger partial charge is 0.342 e. The lowest BCUT2D eigenvalue weighted by molar-refractivity contribution is -0.128. The minimum Gasteiger partial charge on any atom is -0.342 e. The number of carbonyl (C=O) groups excluding carboxylic acids is 1. The van der Waals surface area contributed by atoms with Gasteiger partial charge in [0, 0.05) is 25.9 Å². The van der Waals surface area contributed by atoms with Crippen molar-refractivity contribution in [2.45, 2.75) is 30.2 Å². The van der Waals surface area contributed by atoms with Crippen molar-refractivity contribution in [2.75, 3.05) is 14.1 Å². The van der Waals surface area contributed by atoms with Crippen molar-refractivity contribution in [1.82, 2.24) is 9.62 Å². The predicted octanol–water partition coefficient (Wildman–Crippen LogP) is 0.929. The number of sulfonamides is 1. The van der Waals surface area contributed by atoms with Crippen LogP contribution in [0.4, 0.5) is 0 Å². The Balaban J connectivity index is 2.12. The maximum Gasteiger partial charge on any atom is 0.240 e. The molecule has 19 heavy (non-hydrogen) atoms. The van der Waals surface area contributed by atoms with E-state index < -0.39 is 10.0 Å². The molecule has 2 unspecified atom stereocenters. The molecule has 1 amide bonds. The van der Waals surface area contributed by atoms with Gasteiger partial charge in [-0.1, -0.05) is 12.1 Å². The van der Waals surface area contributed by atoms with Crippen LogP contribution in [0.5, 0.6) is 0 Å². The third kappa shape index (κ3) is 2.79. The summed E-state index contributed by atoms with van der Waals surface area (Å²) in [5, 5.41) is 0. The molecule has 0 saturated heterocycles. The number of benzene rings is 1. The Morgan fingerprint density at radius 1 is 1.32 bits per heavy atom. The molecule has 104 valence electrons. The number of likely N-dealkylation sites (N-methyl/N-ethyl adjacent to an activating group) is 1. The van der Waals surface area contributed by atoms with Crippen LogP contribution in [0.25, 0.3) is 0 Å². The number of nitrogens with zero attached hydrogens (tertiary/aromatic N) is 1. The van der Waals surface area contributed by atoms with Crippen LogP contribution < -0.4 is 4.72 Å². The molecule has 0 aromatic heterocycles. The summed E-state index contributed by atoms with van der Waals surface area (Å²) in [7, 11) is -0.189. The minimum absolute atomic E-state index is 0.0573. The van der Waals surface area contributed by atoms with Crippen molar-refractivity contribution < 1.29 is 13.2 Å². The van der Waals surface area contributed by atoms with Gasteiger partial charge < -0.3 is 4.90 Å². The highest BCUT2D eigenvalue weighted by Gasteiger charge is 2.42. The zero-order valence-corrected chi connectivity index (χ0v) is 12.1. The molecule has 2 rings (SSSR count). The molecule has 0 spiro atoms. The van der Waals surface area contributed by atoms with Crippen molar-refractivity contribution in [2.24, 2.45) is 0 Å². The van der Waals surface area contributed by atoms with Crippen LogP contribution in [0.1, 0.15) is 24.8 Å². The average molecular weight is 282 g/mol. The van der Waals surface area contributed by atoms with E-state index >= 15 is 0 Å². The smallest absolute Gasteiger partial charge is 0.240 e. The molecule has 1 aliphatic rings. The van der Waals surface area contributed by atoms with Crippen molar-refractivity contribution >= 4 is 15.9 Å². The predicted molar refractivity (Wildman–Crippen MR) is 72.3 cm³/mol. The fourth-order valence-corrected chi connectivity index (χ4v) is 2.94. The third-order valence-corrected chi connectivity index (χ3v) is 5.07. The van der Waals surface area contributed by atoms with Gasteiger partial charge in [0.1, 0.15) is 0 Å². The van der Waals surface area contributed by atoms with Gasteiger partial charge in [-0.15, -0.1) is 0 Å². The van der Waals surface area contributed by atoms with E-state index in [4.69, 9.17) is 0 Å². The maximum absolute atomic E-state index is 11.6. The van der Waals surface area contributed by atoms with Crippen LogP contribution in [0.2, 0.25) is 0 Å². The highest BCUT2D eigenvalue weighted by atomic mass is 32.2. The molecule has 1 aromatic rings. The fraction of sp³-hybridized carbons (Fsp3) is 0.462. The van der Waals surface area contributed by atoms with Gasteiger partial charge in [-0.3, -0.25) is 4.79 Å². The van der Waals surface area contributed by atoms with Gasteiger partial charge in [0.15, 0.2) is 0 Å². The van der Waals surface area contributed by atoms with E-state index in [0.29, 0.717) is 5.92 Å². The zero-order valence-electron chi connectivity index (χ0n) is 11.3. The van der Waals surface area contributed by atoms with Crippen LogP contribution >= 0.6 is 0 Å². The van der Waals surface area contributed by atoms with E-state index in [1.807, 2.05) is 12.1 Å². The van der Waals surface area contributed by atoms with Gasteiger partial charge in [-0.2, -0.15) is 0 Å². The molecule has 2 atom stereocenters. The highest BCUT2D eigenvalue weighted by Crippen LogP contribution is 2.44. The van der Waals surface area contributed by atoms with Crippen LogP contribution in [0, 0.1) is 0 Å². The van der Waals surface area contributed by atoms with Crippen LogP contribution in [0.3, 0.4) is 0 Å². The zero-order chi connectivity index (χ0) is 14.2. The van der Waals surface area contributed by atoms with Gasteiger partial charge in [0.05, 0.1) is 4.90 Å². The number of hydrogen-bond donors (Lipinski definition) is 1. The van der Waals surface area contributed by atoms with Crippen LogP contribution in [-0.2, 0) is 14.8 Å². The average Bonchev–Trinajstić information content (AvgIpc) is 3.18. The lowest BCUT2D eigenvalue weighted by Gasteiger charge is -2.14. The van der Waals surface area contributed by atoms with E-state index in [1.54, 1.807) is 31.0 Å². The summed E-state index contributed by atoms with van der Waals surface area (Å²) in [5.41, 5.74) is 1.08. The minimum atomic E-state index is -3.38. The second-order valence-corrected chi connectivity index (χ2v) is 6.70. The SMILES string of the molecule is CNS(=O)(=O)c1ccc(C2CC2N(C)C(C)=O)cc1. The molecule has 0 aliphatic heterocycles. The summed E-state index contributed by atoms with van der Waals surface area (Å²) in [6.45, 7) is 1.55. The quantitative estimate of drug-likeness (QED) is 0.893. The molecular formula is C13H18N2O3S. The fourth-order valence-electron chi connectivity index (χ4n) is 2.21. The summed E-state index contributed by atoms with van der Waals surface area (Å²) in [6, 6.07) is 7.09. The van der Waals surface area contributed by atoms with Gasteiger partial charge in [0.25, 0.3) is 0 Å². The first-order valence-corrected chi connectivity index (χ1v) is 7.62. The van der Waals surface area contributed by atoms with E-state index in [2.05, 4.69) is 4.72 Å². The molecule has 1 aliphatic carbocycles. The highest BCUT2D eigenvalue weighted by molar-refractivity contribution is 7.89. The summed E-state index contributed by atoms with van der Waals surface area (Å²) in [5.74, 6) is 0.377. The normalized spacial score (nSPS) is 22.1. The van der Waals surface area contributed by atoms with Crippen molar-refractivity contribution in [3.8, 4) is 0 Å². The lowest BCUT2D eigenvalue weighted by atomic mass is 10.1. The molecule has 1 aromatic carbocycles. The first-order chi connectivity index (χ1) is 8.86. The Morgan fingerprint density at radius 2 is 1.89 bits per heavy atom. The Morgan fingerprint density at radius 3 is 2.37 bits per heavy atom. The van der Waals surface area contributed by atoms with E-state index in [0.717, 1.165) is 12.0 Å². The molecule has 0 bridgehead atoms. The summed E-state index contributed by atoms with van der Waals surface area (Å²) < 4.78 is 25.5. The van der Waals surface area contributed by atoms with Crippen molar-refractivity contribution in [1.29, 1.82) is 0 Å². The molecule has 0 radical (unpaired) electrons. The Hall–Kier alpha value is -1.40. The van der Waals surface area contributed by atoms with Gasteiger partial charge >= 0.3 is 0 Å². The number of hydrogen-bond acceptors (Lipinski definition) is 3. The topological polar surface area (TPSA) is 66.5 Å². The maximum atomic E-state index is 11.6. The third-order valence-electron chi connectivity index (χ3n) is 3.64. The Bertz CT molecular complexity index is 580. The van der Waals surface area contributed by atoms with E-state index in [1.165, 1.54) is 7.05 Å². The first kappa shape index (κ1) is 14.0. The molecule has 1 fully saturated rings. The summed E-state index contributed by atoms with van der Waals surface area (Å²) in [6.07, 6.45) is 0.939. The molecule has 5 nitrogen and oxygen atoms in total. The summed E-state index contributed by atoms with van der Waals surface area (Å²) >= 11 is 0. The number of amides is 1. The molecule has 0 heterocycles. The second-order valence-electron chi connectivity index (χ2n) is 4.82. The molecule has 6 heteroatoms. The van der Waals surface area contributed by atoms with E-state index in [-0.39, 0.29) is 16.8 Å². The molecule has 1 N–H and O–H groups in total. The molecular weight excluding hydrogens is 264 g/mol. The lowest BCUT2D eigenvalue weighted by Crippen LogP contribution is -2.27. The monoisotopic (exact) mass is 282 g/mol. The first-order valence-electron chi connectivity index (χ1n) is 6.13.